The summed E-state index contributed by atoms with van der Waals surface area (Å²) < 4.78 is 5.67. The second kappa shape index (κ2) is 8.92. The Morgan fingerprint density at radius 1 is 1.15 bits per heavy atom. The number of amides is 1. The Hall–Kier alpha value is -2.24. The molecule has 0 radical (unpaired) electrons. The number of hydrogen-bond donors (Lipinski definition) is 1. The van der Waals surface area contributed by atoms with E-state index in [4.69, 9.17) is 17.0 Å². The molecular weight excluding hydrogens is 344 g/mol. The van der Waals surface area contributed by atoms with Gasteiger partial charge in [0.2, 0.25) is 0 Å². The molecule has 1 N–H and O–H groups in total. The quantitative estimate of drug-likeness (QED) is 0.814. The van der Waals surface area contributed by atoms with Gasteiger partial charge in [-0.15, -0.1) is 0 Å². The van der Waals surface area contributed by atoms with E-state index in [1.807, 2.05) is 54.3 Å². The van der Waals surface area contributed by atoms with Crippen molar-refractivity contribution < 1.29 is 9.53 Å². The fourth-order valence-corrected chi connectivity index (χ4v) is 3.38. The lowest BCUT2D eigenvalue weighted by Crippen LogP contribution is -2.45. The second-order valence-corrected chi connectivity index (χ2v) is 6.76. The van der Waals surface area contributed by atoms with Crippen LogP contribution in [0.4, 0.5) is 0 Å². The highest BCUT2D eigenvalue weighted by atomic mass is 32.1. The van der Waals surface area contributed by atoms with Crippen LogP contribution in [0.15, 0.2) is 54.6 Å². The number of nitrogens with one attached hydrogen (secondary N) is 1. The number of carbonyl (C=O) groups excluding carboxylic acids is 1. The van der Waals surface area contributed by atoms with Crippen molar-refractivity contribution >= 4 is 23.2 Å². The van der Waals surface area contributed by atoms with Gasteiger partial charge in [-0.3, -0.25) is 10.1 Å². The maximum Gasteiger partial charge on any atom is 0.257 e. The van der Waals surface area contributed by atoms with Crippen molar-refractivity contribution in [3.05, 3.63) is 60.2 Å². The van der Waals surface area contributed by atoms with Gasteiger partial charge in [0.1, 0.15) is 0 Å². The van der Waals surface area contributed by atoms with E-state index >= 15 is 0 Å². The minimum Gasteiger partial charge on any atom is -0.376 e. The highest BCUT2D eigenvalue weighted by Crippen LogP contribution is 2.19. The fraction of sp³-hybridized carbons (Fsp3) is 0.333. The zero-order chi connectivity index (χ0) is 18.4. The molecule has 5 heteroatoms. The molecule has 26 heavy (non-hydrogen) atoms. The zero-order valence-corrected chi connectivity index (χ0v) is 15.8. The normalized spacial score (nSPS) is 16.3. The predicted octanol–water partition coefficient (Wildman–Crippen LogP) is 3.87. The number of thiocarbonyl (C=S) groups is 1. The monoisotopic (exact) mass is 368 g/mol. The third-order valence-corrected chi connectivity index (χ3v) is 4.95. The van der Waals surface area contributed by atoms with Gasteiger partial charge in [-0.1, -0.05) is 42.5 Å². The molecule has 1 saturated heterocycles. The Bertz CT molecular complexity index is 740. The van der Waals surface area contributed by atoms with Crippen LogP contribution in [0.3, 0.4) is 0 Å². The first-order valence-corrected chi connectivity index (χ1v) is 9.45. The summed E-state index contributed by atoms with van der Waals surface area (Å²) >= 11 is 5.43. The Labute approximate surface area is 160 Å². The molecule has 4 nitrogen and oxygen atoms in total. The lowest BCUT2D eigenvalue weighted by Gasteiger charge is -2.26. The minimum absolute atomic E-state index is 0.180. The van der Waals surface area contributed by atoms with E-state index < -0.39 is 0 Å². The van der Waals surface area contributed by atoms with E-state index in [2.05, 4.69) is 17.4 Å². The molecule has 1 amide bonds. The molecule has 0 bridgehead atoms. The molecule has 3 rings (SSSR count). The van der Waals surface area contributed by atoms with Gasteiger partial charge in [0, 0.05) is 25.3 Å². The number of nitrogens with zero attached hydrogens (tertiary/aromatic N) is 1. The average molecular weight is 369 g/mol. The standard InChI is InChI=1S/C21H24N2O2S/c1-2-23(15-19-9-6-14-25-19)21(26)22-20(24)18-12-10-17(11-13-18)16-7-4-3-5-8-16/h3-5,7-8,10-13,19H,2,6,9,14-15H2,1H3,(H,22,24,26)/t19-/m1/s1. The summed E-state index contributed by atoms with van der Waals surface area (Å²) in [5, 5.41) is 3.30. The average Bonchev–Trinajstić information content (AvgIpc) is 3.20. The van der Waals surface area contributed by atoms with Gasteiger partial charge in [-0.25, -0.2) is 0 Å². The minimum atomic E-state index is -0.180. The van der Waals surface area contributed by atoms with Gasteiger partial charge in [-0.05, 0) is 55.2 Å². The molecular formula is C21H24N2O2S. The van der Waals surface area contributed by atoms with Gasteiger partial charge in [0.15, 0.2) is 5.11 Å². The van der Waals surface area contributed by atoms with Gasteiger partial charge in [-0.2, -0.15) is 0 Å². The van der Waals surface area contributed by atoms with Crippen molar-refractivity contribution in [2.24, 2.45) is 0 Å². The lowest BCUT2D eigenvalue weighted by molar-refractivity contribution is 0.0895. The lowest BCUT2D eigenvalue weighted by atomic mass is 10.0. The Balaban J connectivity index is 1.60. The van der Waals surface area contributed by atoms with Crippen molar-refractivity contribution in [2.45, 2.75) is 25.9 Å². The van der Waals surface area contributed by atoms with Gasteiger partial charge < -0.3 is 9.64 Å². The molecule has 1 atom stereocenters. The third-order valence-electron chi connectivity index (χ3n) is 4.59. The molecule has 0 saturated carbocycles. The van der Waals surface area contributed by atoms with Crippen molar-refractivity contribution in [3.8, 4) is 11.1 Å². The summed E-state index contributed by atoms with van der Waals surface area (Å²) in [6.07, 6.45) is 2.35. The summed E-state index contributed by atoms with van der Waals surface area (Å²) in [6, 6.07) is 17.7. The van der Waals surface area contributed by atoms with Gasteiger partial charge in [0.25, 0.3) is 5.91 Å². The topological polar surface area (TPSA) is 41.6 Å². The molecule has 0 aliphatic carbocycles. The smallest absolute Gasteiger partial charge is 0.257 e. The summed E-state index contributed by atoms with van der Waals surface area (Å²) in [6.45, 7) is 4.31. The summed E-state index contributed by atoms with van der Waals surface area (Å²) in [5.41, 5.74) is 2.81. The van der Waals surface area contributed by atoms with E-state index in [1.54, 1.807) is 0 Å². The molecule has 2 aromatic rings. The number of benzene rings is 2. The first-order chi connectivity index (χ1) is 12.7. The van der Waals surface area contributed by atoms with E-state index in [9.17, 15) is 4.79 Å². The van der Waals surface area contributed by atoms with Crippen LogP contribution >= 0.6 is 12.2 Å². The van der Waals surface area contributed by atoms with Gasteiger partial charge >= 0.3 is 0 Å². The predicted molar refractivity (Wildman–Crippen MR) is 108 cm³/mol. The molecule has 0 unspecified atom stereocenters. The highest BCUT2D eigenvalue weighted by Gasteiger charge is 2.21. The Kier molecular flexibility index (Phi) is 6.36. The van der Waals surface area contributed by atoms with E-state index in [0.717, 1.165) is 43.7 Å². The number of carbonyl (C=O) groups is 1. The molecule has 1 heterocycles. The van der Waals surface area contributed by atoms with Gasteiger partial charge in [0.05, 0.1) is 6.10 Å². The molecule has 0 spiro atoms. The van der Waals surface area contributed by atoms with E-state index in [-0.39, 0.29) is 12.0 Å². The number of hydrogen-bond acceptors (Lipinski definition) is 3. The summed E-state index contributed by atoms with van der Waals surface area (Å²) in [5.74, 6) is -0.180. The van der Waals surface area contributed by atoms with E-state index in [1.165, 1.54) is 0 Å². The number of ether oxygens (including phenoxy) is 1. The first kappa shape index (κ1) is 18.5. The largest absolute Gasteiger partial charge is 0.376 e. The first-order valence-electron chi connectivity index (χ1n) is 9.04. The second-order valence-electron chi connectivity index (χ2n) is 6.38. The summed E-state index contributed by atoms with van der Waals surface area (Å²) in [7, 11) is 0. The molecule has 1 aliphatic heterocycles. The van der Waals surface area contributed by atoms with Crippen molar-refractivity contribution in [2.75, 3.05) is 19.7 Å². The number of rotatable bonds is 5. The van der Waals surface area contributed by atoms with Crippen LogP contribution in [0.2, 0.25) is 0 Å². The fourth-order valence-electron chi connectivity index (χ4n) is 3.08. The maximum atomic E-state index is 12.5. The van der Waals surface area contributed by atoms with Crippen LogP contribution < -0.4 is 5.32 Å². The molecule has 136 valence electrons. The molecule has 1 fully saturated rings. The molecule has 2 aromatic carbocycles. The van der Waals surface area contributed by atoms with Crippen LogP contribution in [0.5, 0.6) is 0 Å². The van der Waals surface area contributed by atoms with Crippen LogP contribution in [-0.4, -0.2) is 41.7 Å². The zero-order valence-electron chi connectivity index (χ0n) is 15.0. The molecule has 1 aliphatic rings. The molecule has 0 aromatic heterocycles. The summed E-state index contributed by atoms with van der Waals surface area (Å²) in [4.78, 5) is 14.5. The Morgan fingerprint density at radius 3 is 2.46 bits per heavy atom. The highest BCUT2D eigenvalue weighted by molar-refractivity contribution is 7.80. The maximum absolute atomic E-state index is 12.5. The van der Waals surface area contributed by atoms with Crippen molar-refractivity contribution in [3.63, 3.8) is 0 Å². The SMILES string of the molecule is CCN(C[C@H]1CCCO1)C(=S)NC(=O)c1ccc(-c2ccccc2)cc1. The van der Waals surface area contributed by atoms with E-state index in [0.29, 0.717) is 10.7 Å². The third kappa shape index (κ3) is 4.68. The van der Waals surface area contributed by atoms with Crippen LogP contribution in [0.1, 0.15) is 30.1 Å². The van der Waals surface area contributed by atoms with Crippen LogP contribution in [0, 0.1) is 0 Å². The van der Waals surface area contributed by atoms with Crippen LogP contribution in [0.25, 0.3) is 11.1 Å². The Morgan fingerprint density at radius 2 is 1.85 bits per heavy atom. The number of likely N-dealkylation sites (N-methyl/N-ethyl adjacent to an activating group) is 1. The van der Waals surface area contributed by atoms with Crippen molar-refractivity contribution in [1.82, 2.24) is 10.2 Å². The van der Waals surface area contributed by atoms with Crippen LogP contribution in [-0.2, 0) is 4.74 Å². The van der Waals surface area contributed by atoms with Crippen molar-refractivity contribution in [1.29, 1.82) is 0 Å².